The van der Waals surface area contributed by atoms with E-state index in [1.54, 1.807) is 12.1 Å². The molecular formula is C26H28N4O2. The summed E-state index contributed by atoms with van der Waals surface area (Å²) in [7, 11) is 4.03. The molecule has 2 aromatic heterocycles. The van der Waals surface area contributed by atoms with E-state index in [1.165, 1.54) is 11.1 Å². The van der Waals surface area contributed by atoms with Crippen LogP contribution in [0.3, 0.4) is 0 Å². The molecule has 6 nitrogen and oxygen atoms in total. The summed E-state index contributed by atoms with van der Waals surface area (Å²) in [5.74, 6) is 0.597. The van der Waals surface area contributed by atoms with Crippen LogP contribution in [0.4, 0.5) is 0 Å². The van der Waals surface area contributed by atoms with Gasteiger partial charge >= 0.3 is 0 Å². The number of imidazole rings is 1. The lowest BCUT2D eigenvalue weighted by Gasteiger charge is -2.25. The summed E-state index contributed by atoms with van der Waals surface area (Å²) < 4.78 is 7.86. The van der Waals surface area contributed by atoms with Crippen LogP contribution in [-0.2, 0) is 6.61 Å². The summed E-state index contributed by atoms with van der Waals surface area (Å²) in [6.07, 6.45) is 4.01. The van der Waals surface area contributed by atoms with E-state index in [0.29, 0.717) is 24.5 Å². The Balaban J connectivity index is 1.33. The third-order valence-electron chi connectivity index (χ3n) is 5.42. The summed E-state index contributed by atoms with van der Waals surface area (Å²) in [6, 6.07) is 21.5. The standard InChI is InChI=1S/C26H28N4O2/c1-19-9-14-25-28-22(17-30(25)16-19)18-32-23-12-10-21(11-13-23)26(31)27-15-24(29(2)3)20-7-5-4-6-8-20/h4-14,16-17,24H,15,18H2,1-3H3,(H,27,31). The number of hydrogen-bond donors (Lipinski definition) is 1. The SMILES string of the molecule is Cc1ccc2nc(COc3ccc(C(=O)NCC(c4ccccc4)N(C)C)cc3)cn2c1. The molecule has 0 saturated heterocycles. The number of benzene rings is 2. The second-order valence-corrected chi connectivity index (χ2v) is 8.12. The number of fused-ring (bicyclic) bond motifs is 1. The van der Waals surface area contributed by atoms with Gasteiger partial charge in [0, 0.05) is 24.5 Å². The first-order chi connectivity index (χ1) is 15.5. The van der Waals surface area contributed by atoms with Crippen LogP contribution in [-0.4, -0.2) is 40.8 Å². The summed E-state index contributed by atoms with van der Waals surface area (Å²) in [4.78, 5) is 19.3. The number of amides is 1. The maximum Gasteiger partial charge on any atom is 0.251 e. The Morgan fingerprint density at radius 3 is 2.50 bits per heavy atom. The molecule has 6 heteroatoms. The van der Waals surface area contributed by atoms with Gasteiger partial charge in [0.1, 0.15) is 18.0 Å². The number of carbonyl (C=O) groups excluding carboxylic acids is 1. The number of hydrogen-bond acceptors (Lipinski definition) is 4. The first-order valence-electron chi connectivity index (χ1n) is 10.7. The van der Waals surface area contributed by atoms with E-state index in [2.05, 4.69) is 34.3 Å². The normalized spacial score (nSPS) is 12.1. The number of aromatic nitrogens is 2. The molecule has 1 N–H and O–H groups in total. The van der Waals surface area contributed by atoms with Gasteiger partial charge in [0.25, 0.3) is 5.91 Å². The summed E-state index contributed by atoms with van der Waals surface area (Å²) >= 11 is 0. The van der Waals surface area contributed by atoms with Crippen LogP contribution in [0.1, 0.15) is 33.2 Å². The monoisotopic (exact) mass is 428 g/mol. The molecule has 0 aliphatic heterocycles. The average molecular weight is 429 g/mol. The number of likely N-dealkylation sites (N-methyl/N-ethyl adjacent to an activating group) is 1. The fourth-order valence-corrected chi connectivity index (χ4v) is 3.65. The van der Waals surface area contributed by atoms with Gasteiger partial charge in [-0.15, -0.1) is 0 Å². The van der Waals surface area contributed by atoms with Gasteiger partial charge < -0.3 is 19.4 Å². The Hall–Kier alpha value is -3.64. The number of nitrogens with zero attached hydrogens (tertiary/aromatic N) is 3. The number of pyridine rings is 1. The molecule has 0 fully saturated rings. The first kappa shape index (κ1) is 21.6. The predicted octanol–water partition coefficient (Wildman–Crippen LogP) is 4.25. The lowest BCUT2D eigenvalue weighted by Crippen LogP contribution is -2.34. The fourth-order valence-electron chi connectivity index (χ4n) is 3.65. The van der Waals surface area contributed by atoms with Crippen LogP contribution < -0.4 is 10.1 Å². The molecule has 1 unspecified atom stereocenters. The Bertz CT molecular complexity index is 1180. The minimum atomic E-state index is -0.102. The topological polar surface area (TPSA) is 58.9 Å². The zero-order valence-electron chi connectivity index (χ0n) is 18.7. The largest absolute Gasteiger partial charge is 0.487 e. The molecule has 164 valence electrons. The molecule has 0 bridgehead atoms. The maximum absolute atomic E-state index is 12.6. The summed E-state index contributed by atoms with van der Waals surface area (Å²) in [5, 5.41) is 3.04. The van der Waals surface area contributed by atoms with E-state index < -0.39 is 0 Å². The fraction of sp³-hybridized carbons (Fsp3) is 0.231. The van der Waals surface area contributed by atoms with Gasteiger partial charge in [0.2, 0.25) is 0 Å². The third-order valence-corrected chi connectivity index (χ3v) is 5.42. The van der Waals surface area contributed by atoms with Gasteiger partial charge in [0.05, 0.1) is 11.7 Å². The van der Waals surface area contributed by atoms with Gasteiger partial charge in [-0.3, -0.25) is 4.79 Å². The van der Waals surface area contributed by atoms with Gasteiger partial charge in [0.15, 0.2) is 0 Å². The predicted molar refractivity (Wildman–Crippen MR) is 126 cm³/mol. The van der Waals surface area contributed by atoms with Crippen molar-refractivity contribution in [1.82, 2.24) is 19.6 Å². The lowest BCUT2D eigenvalue weighted by molar-refractivity contribution is 0.0942. The highest BCUT2D eigenvalue weighted by atomic mass is 16.5. The first-order valence-corrected chi connectivity index (χ1v) is 10.7. The molecule has 0 aliphatic rings. The van der Waals surface area contributed by atoms with Crippen molar-refractivity contribution in [2.75, 3.05) is 20.6 Å². The molecule has 4 rings (SSSR count). The van der Waals surface area contributed by atoms with E-state index in [1.807, 2.05) is 73.4 Å². The van der Waals surface area contributed by atoms with Crippen molar-refractivity contribution in [3.8, 4) is 5.75 Å². The van der Waals surface area contributed by atoms with Crippen molar-refractivity contribution >= 4 is 11.6 Å². The minimum absolute atomic E-state index is 0.102. The molecule has 2 heterocycles. The minimum Gasteiger partial charge on any atom is -0.487 e. The molecular weight excluding hydrogens is 400 g/mol. The highest BCUT2D eigenvalue weighted by Gasteiger charge is 2.15. The Kier molecular flexibility index (Phi) is 6.52. The van der Waals surface area contributed by atoms with Gasteiger partial charge in [-0.25, -0.2) is 4.98 Å². The highest BCUT2D eigenvalue weighted by molar-refractivity contribution is 5.94. The van der Waals surface area contributed by atoms with E-state index >= 15 is 0 Å². The molecule has 2 aromatic carbocycles. The lowest BCUT2D eigenvalue weighted by atomic mass is 10.1. The van der Waals surface area contributed by atoms with Crippen LogP contribution in [0.15, 0.2) is 79.1 Å². The second-order valence-electron chi connectivity index (χ2n) is 8.12. The molecule has 0 radical (unpaired) electrons. The smallest absolute Gasteiger partial charge is 0.251 e. The molecule has 1 amide bonds. The second kappa shape index (κ2) is 9.66. The Labute approximate surface area is 188 Å². The molecule has 32 heavy (non-hydrogen) atoms. The zero-order valence-corrected chi connectivity index (χ0v) is 18.7. The number of rotatable bonds is 8. The van der Waals surface area contributed by atoms with Crippen molar-refractivity contribution in [3.05, 3.63) is 102 Å². The van der Waals surface area contributed by atoms with Gasteiger partial charge in [-0.05, 0) is 62.5 Å². The van der Waals surface area contributed by atoms with Crippen LogP contribution in [0, 0.1) is 6.92 Å². The summed E-state index contributed by atoms with van der Waals surface area (Å²) in [6.45, 7) is 2.95. The van der Waals surface area contributed by atoms with E-state index in [9.17, 15) is 4.79 Å². The quantitative estimate of drug-likeness (QED) is 0.456. The van der Waals surface area contributed by atoms with Crippen molar-refractivity contribution in [2.24, 2.45) is 0 Å². The van der Waals surface area contributed by atoms with Gasteiger partial charge in [-0.2, -0.15) is 0 Å². The number of nitrogens with one attached hydrogen (secondary N) is 1. The van der Waals surface area contributed by atoms with Crippen LogP contribution in [0.5, 0.6) is 5.75 Å². The molecule has 4 aromatic rings. The zero-order chi connectivity index (χ0) is 22.5. The third kappa shape index (κ3) is 5.15. The number of ether oxygens (including phenoxy) is 1. The van der Waals surface area contributed by atoms with Crippen LogP contribution in [0.2, 0.25) is 0 Å². The molecule has 0 saturated carbocycles. The summed E-state index contributed by atoms with van der Waals surface area (Å²) in [5.41, 5.74) is 4.70. The number of carbonyl (C=O) groups is 1. The van der Waals surface area contributed by atoms with Crippen molar-refractivity contribution < 1.29 is 9.53 Å². The Morgan fingerprint density at radius 1 is 1.03 bits per heavy atom. The molecule has 1 atom stereocenters. The maximum atomic E-state index is 12.6. The Morgan fingerprint density at radius 2 is 1.78 bits per heavy atom. The molecule has 0 spiro atoms. The van der Waals surface area contributed by atoms with Crippen molar-refractivity contribution in [3.63, 3.8) is 0 Å². The highest BCUT2D eigenvalue weighted by Crippen LogP contribution is 2.18. The van der Waals surface area contributed by atoms with E-state index in [0.717, 1.165) is 11.3 Å². The van der Waals surface area contributed by atoms with E-state index in [-0.39, 0.29) is 11.9 Å². The van der Waals surface area contributed by atoms with Gasteiger partial charge in [-0.1, -0.05) is 36.4 Å². The molecule has 0 aliphatic carbocycles. The average Bonchev–Trinajstić information content (AvgIpc) is 3.20. The van der Waals surface area contributed by atoms with Crippen LogP contribution >= 0.6 is 0 Å². The van der Waals surface area contributed by atoms with Crippen molar-refractivity contribution in [1.29, 1.82) is 0 Å². The van der Waals surface area contributed by atoms with Crippen LogP contribution in [0.25, 0.3) is 5.65 Å². The van der Waals surface area contributed by atoms with E-state index in [4.69, 9.17) is 4.74 Å². The van der Waals surface area contributed by atoms with Crippen molar-refractivity contribution in [2.45, 2.75) is 19.6 Å². The number of aryl methyl sites for hydroxylation is 1.